The fraction of sp³-hybridized carbons (Fsp3) is 0. The highest BCUT2D eigenvalue weighted by atomic mass is 35.5. The molecule has 0 aliphatic carbocycles. The molecule has 0 aliphatic heterocycles. The molecule has 0 bridgehead atoms. The van der Waals surface area contributed by atoms with Crippen LogP contribution in [0.5, 0.6) is 0 Å². The Bertz CT molecular complexity index is 992. The highest BCUT2D eigenvalue weighted by molar-refractivity contribution is 6.30. The van der Waals surface area contributed by atoms with E-state index in [1.54, 1.807) is 24.3 Å². The number of nitrogens with one attached hydrogen (secondary N) is 1. The summed E-state index contributed by atoms with van der Waals surface area (Å²) in [5.74, 6) is -1.07. The summed E-state index contributed by atoms with van der Waals surface area (Å²) in [5, 5.41) is 25.7. The number of aromatic carboxylic acids is 1. The minimum absolute atomic E-state index is 0.0273. The number of halogens is 1. The third-order valence-corrected chi connectivity index (χ3v) is 3.42. The molecule has 0 saturated heterocycles. The van der Waals surface area contributed by atoms with Crippen LogP contribution in [-0.4, -0.2) is 30.8 Å². The van der Waals surface area contributed by atoms with Gasteiger partial charge in [0, 0.05) is 16.8 Å². The number of carbonyl (C=O) groups is 1. The summed E-state index contributed by atoms with van der Waals surface area (Å²) in [6, 6.07) is 10.2. The van der Waals surface area contributed by atoms with E-state index >= 15 is 0 Å². The number of nitriles is 1. The van der Waals surface area contributed by atoms with Crippen LogP contribution in [0.1, 0.15) is 16.1 Å². The van der Waals surface area contributed by atoms with Gasteiger partial charge in [0.2, 0.25) is 0 Å². The van der Waals surface area contributed by atoms with Gasteiger partial charge >= 0.3 is 5.97 Å². The van der Waals surface area contributed by atoms with Crippen molar-refractivity contribution in [2.75, 3.05) is 11.1 Å². The van der Waals surface area contributed by atoms with E-state index < -0.39 is 5.97 Å². The number of carboxylic acids is 1. The van der Waals surface area contributed by atoms with Crippen molar-refractivity contribution in [3.8, 4) is 12.0 Å². The number of hydrogen-bond donors (Lipinski definition) is 3. The lowest BCUT2D eigenvalue weighted by atomic mass is 10.3. The van der Waals surface area contributed by atoms with Crippen LogP contribution in [0.2, 0.25) is 5.02 Å². The van der Waals surface area contributed by atoms with E-state index in [4.69, 9.17) is 27.7 Å². The van der Waals surface area contributed by atoms with Gasteiger partial charge in [-0.25, -0.2) is 4.79 Å². The van der Waals surface area contributed by atoms with Crippen LogP contribution in [0, 0.1) is 11.3 Å². The Labute approximate surface area is 146 Å². The van der Waals surface area contributed by atoms with Crippen LogP contribution < -0.4 is 11.1 Å². The monoisotopic (exact) mass is 355 g/mol. The van der Waals surface area contributed by atoms with Crippen molar-refractivity contribution in [3.05, 3.63) is 52.8 Å². The molecule has 1 aromatic carbocycles. The van der Waals surface area contributed by atoms with Crippen LogP contribution in [-0.2, 0) is 0 Å². The van der Waals surface area contributed by atoms with E-state index in [1.165, 1.54) is 6.07 Å². The maximum absolute atomic E-state index is 11.1. The molecule has 3 aromatic rings. The zero-order valence-corrected chi connectivity index (χ0v) is 13.3. The van der Waals surface area contributed by atoms with E-state index in [0.29, 0.717) is 16.5 Å². The molecular weight excluding hydrogens is 346 g/mol. The minimum atomic E-state index is -1.22. The summed E-state index contributed by atoms with van der Waals surface area (Å²) in [4.78, 5) is 19.3. The first-order valence-corrected chi connectivity index (χ1v) is 7.24. The van der Waals surface area contributed by atoms with E-state index in [-0.39, 0.29) is 23.0 Å². The van der Waals surface area contributed by atoms with Crippen molar-refractivity contribution in [2.45, 2.75) is 0 Å². The highest BCUT2D eigenvalue weighted by Gasteiger charge is 2.17. The van der Waals surface area contributed by atoms with Crippen LogP contribution in [0.3, 0.4) is 0 Å². The maximum atomic E-state index is 11.1. The zero-order chi connectivity index (χ0) is 18.0. The fourth-order valence-corrected chi connectivity index (χ4v) is 2.14. The van der Waals surface area contributed by atoms with E-state index in [2.05, 4.69) is 20.4 Å². The van der Waals surface area contributed by atoms with Gasteiger partial charge in [-0.15, -0.1) is 0 Å². The van der Waals surface area contributed by atoms with Gasteiger partial charge in [-0.2, -0.15) is 25.0 Å². The van der Waals surface area contributed by atoms with Crippen LogP contribution in [0.25, 0.3) is 5.95 Å². The standard InChI is InChI=1S/C15H10ClN7O2/c16-8-1-3-9(4-2-8)20-12-5-10(6-17)21-15(22-12)23-13(18)11(7-19-23)14(24)25/h1-5,7H,18H2,(H,24,25)(H,20,21,22). The van der Waals surface area contributed by atoms with Crippen molar-refractivity contribution < 1.29 is 9.90 Å². The molecule has 2 aromatic heterocycles. The Balaban J connectivity index is 2.02. The molecule has 4 N–H and O–H groups in total. The first-order chi connectivity index (χ1) is 12.0. The molecule has 10 heteroatoms. The largest absolute Gasteiger partial charge is 0.477 e. The summed E-state index contributed by atoms with van der Waals surface area (Å²) in [5.41, 5.74) is 6.34. The average molecular weight is 356 g/mol. The number of nitrogen functional groups attached to an aromatic ring is 1. The fourth-order valence-electron chi connectivity index (χ4n) is 2.01. The van der Waals surface area contributed by atoms with Gasteiger partial charge in [0.05, 0.1) is 6.20 Å². The number of anilines is 3. The van der Waals surface area contributed by atoms with Gasteiger partial charge in [-0.3, -0.25) is 0 Å². The van der Waals surface area contributed by atoms with E-state index in [0.717, 1.165) is 10.9 Å². The van der Waals surface area contributed by atoms with Crippen LogP contribution in [0.4, 0.5) is 17.3 Å². The molecular formula is C15H10ClN7O2. The second-order valence-electron chi connectivity index (χ2n) is 4.84. The normalized spacial score (nSPS) is 10.2. The lowest BCUT2D eigenvalue weighted by Crippen LogP contribution is -2.10. The van der Waals surface area contributed by atoms with Crippen molar-refractivity contribution in [1.82, 2.24) is 19.7 Å². The Morgan fingerprint density at radius 2 is 2.04 bits per heavy atom. The SMILES string of the molecule is N#Cc1cc(Nc2ccc(Cl)cc2)nc(-n2ncc(C(=O)O)c2N)n1. The molecule has 9 nitrogen and oxygen atoms in total. The number of carboxylic acid groups (broad SMARTS) is 1. The van der Waals surface area contributed by atoms with Gasteiger partial charge in [-0.1, -0.05) is 11.6 Å². The average Bonchev–Trinajstić information content (AvgIpc) is 2.98. The quantitative estimate of drug-likeness (QED) is 0.646. The zero-order valence-electron chi connectivity index (χ0n) is 12.5. The Hall–Kier alpha value is -3.64. The topological polar surface area (TPSA) is 143 Å². The van der Waals surface area contributed by atoms with Crippen molar-refractivity contribution in [1.29, 1.82) is 5.26 Å². The number of rotatable bonds is 4. The van der Waals surface area contributed by atoms with Crippen molar-refractivity contribution >= 4 is 34.9 Å². The molecule has 0 atom stereocenters. The number of nitrogens with zero attached hydrogens (tertiary/aromatic N) is 5. The lowest BCUT2D eigenvalue weighted by molar-refractivity contribution is 0.0698. The molecule has 0 unspecified atom stereocenters. The first kappa shape index (κ1) is 16.2. The Morgan fingerprint density at radius 3 is 2.64 bits per heavy atom. The number of aromatic nitrogens is 4. The van der Waals surface area contributed by atoms with E-state index in [9.17, 15) is 4.79 Å². The summed E-state index contributed by atoms with van der Waals surface area (Å²) < 4.78 is 1.05. The van der Waals surface area contributed by atoms with Crippen molar-refractivity contribution in [2.24, 2.45) is 0 Å². The lowest BCUT2D eigenvalue weighted by Gasteiger charge is -2.09. The van der Waals surface area contributed by atoms with Gasteiger partial charge < -0.3 is 16.2 Å². The number of benzene rings is 1. The molecule has 0 fully saturated rings. The van der Waals surface area contributed by atoms with Gasteiger partial charge in [0.1, 0.15) is 29.0 Å². The molecule has 25 heavy (non-hydrogen) atoms. The molecule has 0 saturated carbocycles. The molecule has 0 aliphatic rings. The molecule has 124 valence electrons. The molecule has 3 rings (SSSR count). The second kappa shape index (κ2) is 6.46. The summed E-state index contributed by atoms with van der Waals surface area (Å²) >= 11 is 5.84. The van der Waals surface area contributed by atoms with Gasteiger partial charge in [0.25, 0.3) is 5.95 Å². The summed E-state index contributed by atoms with van der Waals surface area (Å²) in [7, 11) is 0. The molecule has 0 amide bonds. The highest BCUT2D eigenvalue weighted by Crippen LogP contribution is 2.20. The van der Waals surface area contributed by atoms with Crippen LogP contribution in [0.15, 0.2) is 36.5 Å². The Morgan fingerprint density at radius 1 is 1.32 bits per heavy atom. The molecule has 0 spiro atoms. The first-order valence-electron chi connectivity index (χ1n) is 6.87. The summed E-state index contributed by atoms with van der Waals surface area (Å²) in [6.07, 6.45) is 1.09. The summed E-state index contributed by atoms with van der Waals surface area (Å²) in [6.45, 7) is 0. The third kappa shape index (κ3) is 3.34. The number of nitrogens with two attached hydrogens (primary N) is 1. The molecule has 2 heterocycles. The second-order valence-corrected chi connectivity index (χ2v) is 5.28. The molecule has 0 radical (unpaired) electrons. The Kier molecular flexibility index (Phi) is 4.20. The predicted molar refractivity (Wildman–Crippen MR) is 90.0 cm³/mol. The smallest absolute Gasteiger partial charge is 0.341 e. The minimum Gasteiger partial charge on any atom is -0.477 e. The predicted octanol–water partition coefficient (Wildman–Crippen LogP) is 2.21. The van der Waals surface area contributed by atoms with E-state index in [1.807, 2.05) is 6.07 Å². The maximum Gasteiger partial charge on any atom is 0.341 e. The van der Waals surface area contributed by atoms with Crippen LogP contribution >= 0.6 is 11.6 Å². The third-order valence-electron chi connectivity index (χ3n) is 3.17. The van der Waals surface area contributed by atoms with Gasteiger partial charge in [0.15, 0.2) is 0 Å². The van der Waals surface area contributed by atoms with Gasteiger partial charge in [-0.05, 0) is 24.3 Å². The number of hydrogen-bond acceptors (Lipinski definition) is 7. The van der Waals surface area contributed by atoms with Crippen molar-refractivity contribution in [3.63, 3.8) is 0 Å².